The van der Waals surface area contributed by atoms with Crippen LogP contribution in [0.25, 0.3) is 11.1 Å². The summed E-state index contributed by atoms with van der Waals surface area (Å²) in [6.45, 7) is 3.36. The molecule has 1 aromatic heterocycles. The molecule has 4 rings (SSSR count). The van der Waals surface area contributed by atoms with Crippen LogP contribution >= 0.6 is 11.3 Å². The van der Waals surface area contributed by atoms with Crippen molar-refractivity contribution in [3.05, 3.63) is 70.7 Å². The smallest absolute Gasteiger partial charge is 0.362 e. The molecule has 1 aliphatic rings. The molecule has 3 aromatic rings. The van der Waals surface area contributed by atoms with E-state index >= 15 is 0 Å². The van der Waals surface area contributed by atoms with Gasteiger partial charge in [-0.05, 0) is 36.1 Å². The third-order valence-electron chi connectivity index (χ3n) is 5.68. The second kappa shape index (κ2) is 10.9. The van der Waals surface area contributed by atoms with Gasteiger partial charge < -0.3 is 24.8 Å². The number of benzene rings is 2. The molecule has 2 aromatic carbocycles. The number of esters is 2. The molecule has 0 bridgehead atoms. The standard InChI is InChI=1S/C26H27N3O6S/c1-26(2,24(31)33-13-12-32-3)35-29-22(21-15-36-25(27)28-21)23(30)34-14-20-18-10-6-4-8-16(18)17-9-5-7-11-19(17)20/h4-11,15,20H,12-14H2,1-3H3,(H2,27,28)/b29-22-. The fourth-order valence-electron chi connectivity index (χ4n) is 3.84. The number of hydrogen-bond donors (Lipinski definition) is 1. The number of thiazole rings is 1. The number of methoxy groups -OCH3 is 1. The predicted octanol–water partition coefficient (Wildman–Crippen LogP) is 3.77. The molecule has 0 fully saturated rings. The van der Waals surface area contributed by atoms with Gasteiger partial charge >= 0.3 is 11.9 Å². The zero-order valence-corrected chi connectivity index (χ0v) is 21.0. The molecular formula is C26H27N3O6S. The number of aromatic nitrogens is 1. The minimum Gasteiger partial charge on any atom is -0.460 e. The summed E-state index contributed by atoms with van der Waals surface area (Å²) in [7, 11) is 1.50. The molecule has 0 spiro atoms. The first-order valence-corrected chi connectivity index (χ1v) is 12.2. The zero-order chi connectivity index (χ0) is 25.7. The fourth-order valence-corrected chi connectivity index (χ4v) is 4.39. The van der Waals surface area contributed by atoms with Crippen molar-refractivity contribution < 1.29 is 28.6 Å². The summed E-state index contributed by atoms with van der Waals surface area (Å²) in [6.07, 6.45) is 0. The van der Waals surface area contributed by atoms with Gasteiger partial charge in [-0.2, -0.15) is 0 Å². The van der Waals surface area contributed by atoms with E-state index < -0.39 is 17.5 Å². The van der Waals surface area contributed by atoms with Gasteiger partial charge in [-0.3, -0.25) is 0 Å². The number of hydrogen-bond acceptors (Lipinski definition) is 10. The third kappa shape index (κ3) is 5.39. The Kier molecular flexibility index (Phi) is 7.66. The minimum atomic E-state index is -1.47. The van der Waals surface area contributed by atoms with Crippen molar-refractivity contribution in [3.8, 4) is 11.1 Å². The van der Waals surface area contributed by atoms with Gasteiger partial charge in [0.1, 0.15) is 18.9 Å². The minimum absolute atomic E-state index is 0.0632. The van der Waals surface area contributed by atoms with Gasteiger partial charge in [0.15, 0.2) is 5.13 Å². The van der Waals surface area contributed by atoms with Gasteiger partial charge in [0.05, 0.1) is 6.61 Å². The number of fused-ring (bicyclic) bond motifs is 3. The number of nitrogens with two attached hydrogens (primary N) is 1. The number of carbonyl (C=O) groups excluding carboxylic acids is 2. The van der Waals surface area contributed by atoms with E-state index in [4.69, 9.17) is 24.8 Å². The number of nitrogen functional groups attached to an aromatic ring is 1. The molecule has 10 heteroatoms. The summed E-state index contributed by atoms with van der Waals surface area (Å²) >= 11 is 1.15. The van der Waals surface area contributed by atoms with E-state index in [-0.39, 0.29) is 42.3 Å². The summed E-state index contributed by atoms with van der Waals surface area (Å²) in [4.78, 5) is 35.2. The van der Waals surface area contributed by atoms with Crippen LogP contribution in [0.1, 0.15) is 36.6 Å². The van der Waals surface area contributed by atoms with E-state index in [9.17, 15) is 9.59 Å². The van der Waals surface area contributed by atoms with Gasteiger partial charge in [0.25, 0.3) is 0 Å². The van der Waals surface area contributed by atoms with Crippen LogP contribution in [0.2, 0.25) is 0 Å². The Bertz CT molecular complexity index is 1240. The van der Waals surface area contributed by atoms with E-state index in [1.165, 1.54) is 21.0 Å². The average Bonchev–Trinajstić information content (AvgIpc) is 3.44. The Labute approximate surface area is 212 Å². The zero-order valence-electron chi connectivity index (χ0n) is 20.2. The lowest BCUT2D eigenvalue weighted by molar-refractivity contribution is -0.169. The lowest BCUT2D eigenvalue weighted by Gasteiger charge is -2.20. The van der Waals surface area contributed by atoms with Crippen molar-refractivity contribution in [2.45, 2.75) is 25.4 Å². The molecule has 0 radical (unpaired) electrons. The normalized spacial score (nSPS) is 13.1. The van der Waals surface area contributed by atoms with Crippen LogP contribution < -0.4 is 5.73 Å². The SMILES string of the molecule is COCCOC(=O)C(C)(C)O/N=C(\C(=O)OCC1c2ccccc2-c2ccccc21)c1csc(N)n1. The number of rotatable bonds is 10. The number of nitrogens with zero attached hydrogens (tertiary/aromatic N) is 2. The first-order valence-electron chi connectivity index (χ1n) is 11.3. The van der Waals surface area contributed by atoms with Crippen LogP contribution in [0.15, 0.2) is 59.1 Å². The van der Waals surface area contributed by atoms with Crippen molar-refractivity contribution in [3.63, 3.8) is 0 Å². The van der Waals surface area contributed by atoms with Gasteiger partial charge in [-0.25, -0.2) is 14.6 Å². The highest BCUT2D eigenvalue weighted by molar-refractivity contribution is 7.13. The molecule has 2 N–H and O–H groups in total. The average molecular weight is 510 g/mol. The van der Waals surface area contributed by atoms with Gasteiger partial charge in [0, 0.05) is 18.4 Å². The lowest BCUT2D eigenvalue weighted by Crippen LogP contribution is -2.36. The van der Waals surface area contributed by atoms with E-state index in [1.807, 2.05) is 36.4 Å². The quantitative estimate of drug-likeness (QED) is 0.190. The molecule has 1 aliphatic carbocycles. The number of anilines is 1. The van der Waals surface area contributed by atoms with Crippen LogP contribution in [0.3, 0.4) is 0 Å². The molecule has 188 valence electrons. The molecule has 0 saturated heterocycles. The Morgan fingerprint density at radius 2 is 1.67 bits per heavy atom. The number of carbonyl (C=O) groups is 2. The third-order valence-corrected chi connectivity index (χ3v) is 6.35. The summed E-state index contributed by atoms with van der Waals surface area (Å²) in [5.74, 6) is -1.53. The Morgan fingerprint density at radius 1 is 1.03 bits per heavy atom. The lowest BCUT2D eigenvalue weighted by atomic mass is 9.98. The topological polar surface area (TPSA) is 122 Å². The Balaban J connectivity index is 1.53. The maximum atomic E-state index is 13.2. The summed E-state index contributed by atoms with van der Waals surface area (Å²) < 4.78 is 15.7. The van der Waals surface area contributed by atoms with Crippen LogP contribution in [-0.2, 0) is 28.6 Å². The number of oxime groups is 1. The van der Waals surface area contributed by atoms with Gasteiger partial charge in [-0.15, -0.1) is 11.3 Å². The Morgan fingerprint density at radius 3 is 2.25 bits per heavy atom. The van der Waals surface area contributed by atoms with E-state index in [2.05, 4.69) is 22.3 Å². The van der Waals surface area contributed by atoms with E-state index in [0.717, 1.165) is 33.6 Å². The number of ether oxygens (including phenoxy) is 3. The highest BCUT2D eigenvalue weighted by Crippen LogP contribution is 2.44. The maximum Gasteiger partial charge on any atom is 0.362 e. The molecule has 36 heavy (non-hydrogen) atoms. The van der Waals surface area contributed by atoms with Crippen molar-refractivity contribution in [2.24, 2.45) is 5.16 Å². The van der Waals surface area contributed by atoms with Crippen molar-refractivity contribution in [1.29, 1.82) is 0 Å². The molecule has 9 nitrogen and oxygen atoms in total. The molecule has 0 unspecified atom stereocenters. The van der Waals surface area contributed by atoms with Crippen LogP contribution in [0.5, 0.6) is 0 Å². The summed E-state index contributed by atoms with van der Waals surface area (Å²) in [5, 5.41) is 5.79. The predicted molar refractivity (Wildman–Crippen MR) is 136 cm³/mol. The maximum absolute atomic E-state index is 13.2. The molecular weight excluding hydrogens is 482 g/mol. The van der Waals surface area contributed by atoms with Gasteiger partial charge in [0.2, 0.25) is 11.3 Å². The fraction of sp³-hybridized carbons (Fsp3) is 0.308. The first kappa shape index (κ1) is 25.3. The van der Waals surface area contributed by atoms with Crippen LogP contribution in [0.4, 0.5) is 5.13 Å². The molecule has 0 atom stereocenters. The molecule has 0 saturated carbocycles. The largest absolute Gasteiger partial charge is 0.460 e. The monoisotopic (exact) mass is 509 g/mol. The molecule has 0 amide bonds. The summed E-state index contributed by atoms with van der Waals surface area (Å²) in [6, 6.07) is 16.1. The molecule has 0 aliphatic heterocycles. The first-order chi connectivity index (χ1) is 17.3. The van der Waals surface area contributed by atoms with Crippen molar-refractivity contribution in [2.75, 3.05) is 32.7 Å². The van der Waals surface area contributed by atoms with Crippen molar-refractivity contribution >= 4 is 34.1 Å². The highest BCUT2D eigenvalue weighted by Gasteiger charge is 2.34. The van der Waals surface area contributed by atoms with Crippen LogP contribution in [0, 0.1) is 0 Å². The van der Waals surface area contributed by atoms with E-state index in [1.54, 1.807) is 5.38 Å². The van der Waals surface area contributed by atoms with Crippen molar-refractivity contribution in [1.82, 2.24) is 4.98 Å². The second-order valence-corrected chi connectivity index (χ2v) is 9.46. The highest BCUT2D eigenvalue weighted by atomic mass is 32.1. The summed E-state index contributed by atoms with van der Waals surface area (Å²) in [5.41, 5.74) is 8.70. The molecule has 1 heterocycles. The van der Waals surface area contributed by atoms with Gasteiger partial charge in [-0.1, -0.05) is 53.7 Å². The van der Waals surface area contributed by atoms with Crippen LogP contribution in [-0.4, -0.2) is 55.2 Å². The van der Waals surface area contributed by atoms with E-state index in [0.29, 0.717) is 0 Å². The Hall–Kier alpha value is -3.76. The second-order valence-electron chi connectivity index (χ2n) is 8.57.